The van der Waals surface area contributed by atoms with Gasteiger partial charge in [0.05, 0.1) is 21.5 Å². The topological polar surface area (TPSA) is 56.2 Å². The van der Waals surface area contributed by atoms with Crippen molar-refractivity contribution < 1.29 is 9.53 Å². The second-order valence-electron chi connectivity index (χ2n) is 7.99. The molecule has 0 atom stereocenters. The molecule has 8 heteroatoms. The van der Waals surface area contributed by atoms with Crippen LogP contribution in [0.15, 0.2) is 60.1 Å². The molecule has 1 amide bonds. The molecule has 2 aromatic heterocycles. The Morgan fingerprint density at radius 3 is 2.79 bits per heavy atom. The largest absolute Gasteiger partial charge is 0.489 e. The van der Waals surface area contributed by atoms with Gasteiger partial charge >= 0.3 is 0 Å². The van der Waals surface area contributed by atoms with Crippen LogP contribution < -0.4 is 10.1 Å². The van der Waals surface area contributed by atoms with E-state index in [9.17, 15) is 4.79 Å². The van der Waals surface area contributed by atoms with Crippen molar-refractivity contribution in [3.63, 3.8) is 0 Å². The summed E-state index contributed by atoms with van der Waals surface area (Å²) >= 11 is 13.4. The van der Waals surface area contributed by atoms with E-state index in [4.69, 9.17) is 27.9 Å². The van der Waals surface area contributed by atoms with Gasteiger partial charge in [-0.3, -0.25) is 9.48 Å². The maximum absolute atomic E-state index is 12.7. The lowest BCUT2D eigenvalue weighted by Gasteiger charge is -2.07. The first-order valence-corrected chi connectivity index (χ1v) is 12.3. The molecule has 1 aliphatic rings. The van der Waals surface area contributed by atoms with Gasteiger partial charge in [0.15, 0.2) is 5.82 Å². The molecule has 5 rings (SSSR count). The number of anilines is 1. The molecule has 5 nitrogen and oxygen atoms in total. The van der Waals surface area contributed by atoms with Gasteiger partial charge < -0.3 is 10.1 Å². The number of nitrogens with one attached hydrogen (secondary N) is 1. The zero-order valence-electron chi connectivity index (χ0n) is 17.7. The summed E-state index contributed by atoms with van der Waals surface area (Å²) in [5, 5.41) is 10.2. The Morgan fingerprint density at radius 1 is 1.03 bits per heavy atom. The summed E-state index contributed by atoms with van der Waals surface area (Å²) in [6.07, 6.45) is 5.31. The van der Waals surface area contributed by atoms with Gasteiger partial charge in [-0.1, -0.05) is 35.3 Å². The second kappa shape index (κ2) is 9.59. The highest BCUT2D eigenvalue weighted by molar-refractivity contribution is 7.12. The van der Waals surface area contributed by atoms with Gasteiger partial charge in [0.2, 0.25) is 0 Å². The number of thiophene rings is 1. The number of aromatic nitrogens is 2. The summed E-state index contributed by atoms with van der Waals surface area (Å²) in [5.41, 5.74) is 4.75. The second-order valence-corrected chi connectivity index (χ2v) is 9.72. The van der Waals surface area contributed by atoms with E-state index in [-0.39, 0.29) is 5.91 Å². The number of benzene rings is 2. The van der Waals surface area contributed by atoms with Crippen molar-refractivity contribution >= 4 is 46.3 Å². The lowest BCUT2D eigenvalue weighted by molar-refractivity contribution is 0.103. The molecule has 0 bridgehead atoms. The number of amides is 1. The highest BCUT2D eigenvalue weighted by Crippen LogP contribution is 2.27. The van der Waals surface area contributed by atoms with Gasteiger partial charge in [0, 0.05) is 17.8 Å². The highest BCUT2D eigenvalue weighted by Gasteiger charge is 2.13. The summed E-state index contributed by atoms with van der Waals surface area (Å²) in [7, 11) is 0. The summed E-state index contributed by atoms with van der Waals surface area (Å²) < 4.78 is 7.68. The van der Waals surface area contributed by atoms with Crippen LogP contribution in [0.3, 0.4) is 0 Å². The van der Waals surface area contributed by atoms with Crippen LogP contribution in [0.4, 0.5) is 5.82 Å². The number of ether oxygens (including phenoxy) is 1. The van der Waals surface area contributed by atoms with Crippen LogP contribution in [0.1, 0.15) is 38.3 Å². The number of carbonyl (C=O) groups excluding carboxylic acids is 1. The van der Waals surface area contributed by atoms with Crippen molar-refractivity contribution in [1.29, 1.82) is 0 Å². The van der Waals surface area contributed by atoms with E-state index in [1.807, 2.05) is 35.8 Å². The molecule has 1 aliphatic carbocycles. The third-order valence-corrected chi connectivity index (χ3v) is 7.28. The molecule has 0 saturated carbocycles. The van der Waals surface area contributed by atoms with Crippen molar-refractivity contribution in [3.8, 4) is 5.75 Å². The highest BCUT2D eigenvalue weighted by atomic mass is 35.5. The standard InChI is InChI=1S/C25H21Cl2N3O2S/c26-21-7-4-16(10-22(21)27)13-30-9-8-24(29-30)28-25(31)23-11-17(15-33-23)14-32-20-6-5-18-2-1-3-19(18)12-20/h4-12,15H,1-3,13-14H2,(H,28,29,31). The Morgan fingerprint density at radius 2 is 1.91 bits per heavy atom. The first-order valence-electron chi connectivity index (χ1n) is 10.6. The zero-order chi connectivity index (χ0) is 22.8. The van der Waals surface area contributed by atoms with Crippen molar-refractivity contribution in [1.82, 2.24) is 9.78 Å². The Labute approximate surface area is 205 Å². The lowest BCUT2D eigenvalue weighted by atomic mass is 10.1. The molecular weight excluding hydrogens is 477 g/mol. The van der Waals surface area contributed by atoms with Gasteiger partial charge in [0.1, 0.15) is 12.4 Å². The van der Waals surface area contributed by atoms with Crippen LogP contribution in [0.5, 0.6) is 5.75 Å². The lowest BCUT2D eigenvalue weighted by Crippen LogP contribution is -2.11. The predicted octanol–water partition coefficient (Wildman–Crippen LogP) is 6.62. The fourth-order valence-corrected chi connectivity index (χ4v) is 5.01. The quantitative estimate of drug-likeness (QED) is 0.312. The van der Waals surface area contributed by atoms with Crippen LogP contribution in [0.25, 0.3) is 0 Å². The Kier molecular flexibility index (Phi) is 6.40. The summed E-state index contributed by atoms with van der Waals surface area (Å²) in [6.45, 7) is 0.955. The number of nitrogens with zero attached hydrogens (tertiary/aromatic N) is 2. The minimum atomic E-state index is -0.191. The molecular formula is C25H21Cl2N3O2S. The monoisotopic (exact) mass is 497 g/mol. The van der Waals surface area contributed by atoms with Gasteiger partial charge in [-0.05, 0) is 71.7 Å². The van der Waals surface area contributed by atoms with Crippen LogP contribution in [-0.4, -0.2) is 15.7 Å². The zero-order valence-corrected chi connectivity index (χ0v) is 20.0. The van der Waals surface area contributed by atoms with E-state index in [0.29, 0.717) is 33.9 Å². The maximum Gasteiger partial charge on any atom is 0.266 e. The molecule has 0 unspecified atom stereocenters. The predicted molar refractivity (Wildman–Crippen MR) is 133 cm³/mol. The van der Waals surface area contributed by atoms with Crippen molar-refractivity contribution in [2.45, 2.75) is 32.4 Å². The SMILES string of the molecule is O=C(Nc1ccn(Cc2ccc(Cl)c(Cl)c2)n1)c1cc(COc2ccc3c(c2)CCC3)cs1. The molecule has 0 aliphatic heterocycles. The van der Waals surface area contributed by atoms with Gasteiger partial charge in [-0.25, -0.2) is 0 Å². The number of carbonyl (C=O) groups is 1. The van der Waals surface area contributed by atoms with E-state index in [2.05, 4.69) is 22.5 Å². The van der Waals surface area contributed by atoms with Crippen LogP contribution in [0, 0.1) is 0 Å². The molecule has 1 N–H and O–H groups in total. The van der Waals surface area contributed by atoms with E-state index in [1.54, 1.807) is 16.8 Å². The van der Waals surface area contributed by atoms with E-state index < -0.39 is 0 Å². The van der Waals surface area contributed by atoms with E-state index in [0.717, 1.165) is 29.7 Å². The number of fused-ring (bicyclic) bond motifs is 1. The first kappa shape index (κ1) is 22.0. The molecule has 168 valence electrons. The number of aryl methyl sites for hydroxylation is 2. The van der Waals surface area contributed by atoms with Crippen molar-refractivity contribution in [3.05, 3.63) is 97.3 Å². The van der Waals surface area contributed by atoms with Gasteiger partial charge in [0.25, 0.3) is 5.91 Å². The summed E-state index contributed by atoms with van der Waals surface area (Å²) in [4.78, 5) is 13.3. The summed E-state index contributed by atoms with van der Waals surface area (Å²) in [5.74, 6) is 1.17. The molecule has 2 aromatic carbocycles. The average molecular weight is 498 g/mol. The van der Waals surface area contributed by atoms with Gasteiger partial charge in [-0.15, -0.1) is 11.3 Å². The third-order valence-electron chi connectivity index (χ3n) is 5.56. The van der Waals surface area contributed by atoms with Crippen LogP contribution >= 0.6 is 34.5 Å². The van der Waals surface area contributed by atoms with Gasteiger partial charge in [-0.2, -0.15) is 5.10 Å². The van der Waals surface area contributed by atoms with Crippen molar-refractivity contribution in [2.24, 2.45) is 0 Å². The molecule has 33 heavy (non-hydrogen) atoms. The molecule has 0 fully saturated rings. The number of hydrogen-bond acceptors (Lipinski definition) is 4. The average Bonchev–Trinajstić information content (AvgIpc) is 3.55. The maximum atomic E-state index is 12.7. The van der Waals surface area contributed by atoms with E-state index >= 15 is 0 Å². The molecule has 0 saturated heterocycles. The normalized spacial score (nSPS) is 12.5. The summed E-state index contributed by atoms with van der Waals surface area (Å²) in [6, 6.07) is 15.4. The molecule has 4 aromatic rings. The fourth-order valence-electron chi connectivity index (χ4n) is 3.89. The molecule has 0 spiro atoms. The van der Waals surface area contributed by atoms with Crippen LogP contribution in [0.2, 0.25) is 10.0 Å². The Balaban J connectivity index is 1.17. The fraction of sp³-hybridized carbons (Fsp3) is 0.200. The third kappa shape index (κ3) is 5.24. The smallest absolute Gasteiger partial charge is 0.266 e. The number of halogens is 2. The van der Waals surface area contributed by atoms with Crippen LogP contribution in [-0.2, 0) is 26.0 Å². The molecule has 0 radical (unpaired) electrons. The molecule has 2 heterocycles. The number of hydrogen-bond donors (Lipinski definition) is 1. The minimum absolute atomic E-state index is 0.191. The Bertz CT molecular complexity index is 1310. The van der Waals surface area contributed by atoms with Crippen molar-refractivity contribution in [2.75, 3.05) is 5.32 Å². The van der Waals surface area contributed by atoms with E-state index in [1.165, 1.54) is 28.9 Å². The Hall–Kier alpha value is -2.80. The minimum Gasteiger partial charge on any atom is -0.489 e. The first-order chi connectivity index (χ1) is 16.0. The number of rotatable bonds is 7.